The van der Waals surface area contributed by atoms with Crippen molar-refractivity contribution in [3.05, 3.63) is 28.8 Å². The first-order valence-corrected chi connectivity index (χ1v) is 8.07. The topological polar surface area (TPSA) is 75.4 Å². The van der Waals surface area contributed by atoms with E-state index in [-0.39, 0.29) is 17.7 Å². The molecule has 0 spiro atoms. The van der Waals surface area contributed by atoms with Gasteiger partial charge in [-0.25, -0.2) is 0 Å². The molecule has 3 rings (SSSR count). The number of carbonyl (C=O) groups is 1. The van der Waals surface area contributed by atoms with Gasteiger partial charge in [0.25, 0.3) is 5.91 Å². The van der Waals surface area contributed by atoms with Crippen LogP contribution >= 0.6 is 11.3 Å². The van der Waals surface area contributed by atoms with Gasteiger partial charge in [0.15, 0.2) is 5.76 Å². The largest absolute Gasteiger partial charge is 0.385 e. The number of nitrogens with zero attached hydrogens (tertiary/aromatic N) is 1. The van der Waals surface area contributed by atoms with E-state index < -0.39 is 6.10 Å². The van der Waals surface area contributed by atoms with Crippen molar-refractivity contribution in [2.75, 3.05) is 0 Å². The summed E-state index contributed by atoms with van der Waals surface area (Å²) in [7, 11) is 0. The predicted octanol–water partition coefficient (Wildman–Crippen LogP) is 3.13. The number of amides is 1. The van der Waals surface area contributed by atoms with E-state index in [0.29, 0.717) is 11.3 Å². The van der Waals surface area contributed by atoms with E-state index in [0.717, 1.165) is 30.6 Å². The summed E-state index contributed by atoms with van der Waals surface area (Å²) in [5.41, 5.74) is 0.871. The van der Waals surface area contributed by atoms with Gasteiger partial charge in [0, 0.05) is 6.04 Å². The Bertz CT molecular complexity index is 613. The normalized spacial score (nSPS) is 17.0. The second-order valence-corrected chi connectivity index (χ2v) is 6.33. The fraction of sp³-hybridized carbons (Fsp3) is 0.467. The highest BCUT2D eigenvalue weighted by Gasteiger charge is 2.29. The van der Waals surface area contributed by atoms with Crippen molar-refractivity contribution in [2.45, 2.75) is 44.8 Å². The first kappa shape index (κ1) is 14.3. The van der Waals surface area contributed by atoms with Crippen molar-refractivity contribution in [2.24, 2.45) is 0 Å². The molecular weight excluding hydrogens is 288 g/mol. The van der Waals surface area contributed by atoms with Crippen LogP contribution in [0.2, 0.25) is 0 Å². The van der Waals surface area contributed by atoms with E-state index >= 15 is 0 Å². The third-order valence-corrected chi connectivity index (χ3v) is 4.65. The molecule has 0 saturated heterocycles. The molecule has 2 heterocycles. The summed E-state index contributed by atoms with van der Waals surface area (Å²) in [6.45, 7) is 1.57. The van der Waals surface area contributed by atoms with Crippen molar-refractivity contribution in [1.29, 1.82) is 0 Å². The van der Waals surface area contributed by atoms with Gasteiger partial charge >= 0.3 is 0 Å². The molecule has 1 amide bonds. The summed E-state index contributed by atoms with van der Waals surface area (Å²) < 4.78 is 5.21. The average Bonchev–Trinajstić information content (AvgIpc) is 3.19. The fourth-order valence-corrected chi connectivity index (χ4v) is 3.43. The summed E-state index contributed by atoms with van der Waals surface area (Å²) in [6, 6.07) is 4.00. The lowest BCUT2D eigenvalue weighted by Crippen LogP contribution is -2.33. The molecule has 1 fully saturated rings. The molecule has 0 radical (unpaired) electrons. The summed E-state index contributed by atoms with van der Waals surface area (Å²) in [6.07, 6.45) is 3.45. The molecule has 21 heavy (non-hydrogen) atoms. The predicted molar refractivity (Wildman–Crippen MR) is 80.2 cm³/mol. The summed E-state index contributed by atoms with van der Waals surface area (Å²) in [5.74, 6) is 0.0244. The lowest BCUT2D eigenvalue weighted by Gasteiger charge is -2.12. The smallest absolute Gasteiger partial charge is 0.257 e. The zero-order chi connectivity index (χ0) is 14.8. The molecule has 2 aromatic rings. The van der Waals surface area contributed by atoms with E-state index in [2.05, 4.69) is 10.5 Å². The van der Waals surface area contributed by atoms with Crippen molar-refractivity contribution in [1.82, 2.24) is 10.5 Å². The number of aliphatic hydroxyl groups excluding tert-OH is 1. The van der Waals surface area contributed by atoms with Gasteiger partial charge in [0.2, 0.25) is 0 Å². The molecule has 2 aromatic heterocycles. The lowest BCUT2D eigenvalue weighted by atomic mass is 10.1. The number of hydrogen-bond donors (Lipinski definition) is 2. The van der Waals surface area contributed by atoms with Crippen molar-refractivity contribution >= 4 is 17.2 Å². The zero-order valence-electron chi connectivity index (χ0n) is 11.8. The highest BCUT2D eigenvalue weighted by Crippen LogP contribution is 2.32. The number of rotatable bonds is 4. The van der Waals surface area contributed by atoms with Crippen LogP contribution in [0.15, 0.2) is 22.0 Å². The van der Waals surface area contributed by atoms with E-state index in [4.69, 9.17) is 4.52 Å². The minimum atomic E-state index is -0.865. The number of thiophene rings is 1. The number of aliphatic hydroxyl groups is 1. The summed E-state index contributed by atoms with van der Waals surface area (Å²) in [5, 5.41) is 18.8. The molecule has 0 aliphatic heterocycles. The van der Waals surface area contributed by atoms with Crippen LogP contribution in [0.4, 0.5) is 0 Å². The van der Waals surface area contributed by atoms with Gasteiger partial charge in [-0.15, -0.1) is 11.3 Å². The minimum absolute atomic E-state index is 0.206. The maximum absolute atomic E-state index is 12.6. The number of hydrogen-bond acceptors (Lipinski definition) is 5. The molecule has 2 N–H and O–H groups in total. The van der Waals surface area contributed by atoms with E-state index in [1.54, 1.807) is 6.92 Å². The summed E-state index contributed by atoms with van der Waals surface area (Å²) >= 11 is 1.49. The van der Waals surface area contributed by atoms with E-state index in [9.17, 15) is 9.90 Å². The van der Waals surface area contributed by atoms with Crippen LogP contribution < -0.4 is 5.32 Å². The highest BCUT2D eigenvalue weighted by molar-refractivity contribution is 7.13. The van der Waals surface area contributed by atoms with Crippen molar-refractivity contribution in [3.63, 3.8) is 0 Å². The molecule has 1 saturated carbocycles. The van der Waals surface area contributed by atoms with Gasteiger partial charge in [-0.05, 0) is 31.2 Å². The van der Waals surface area contributed by atoms with Crippen molar-refractivity contribution in [3.8, 4) is 10.6 Å². The Morgan fingerprint density at radius 3 is 2.90 bits per heavy atom. The van der Waals surface area contributed by atoms with Crippen LogP contribution in [-0.4, -0.2) is 22.2 Å². The molecule has 1 aliphatic carbocycles. The Balaban J connectivity index is 1.94. The Morgan fingerprint density at radius 2 is 2.29 bits per heavy atom. The maximum Gasteiger partial charge on any atom is 0.257 e. The number of carbonyl (C=O) groups excluding carboxylic acids is 1. The molecular formula is C15H18N2O3S. The Hall–Kier alpha value is -1.66. The van der Waals surface area contributed by atoms with Crippen molar-refractivity contribution < 1.29 is 14.4 Å². The molecule has 5 nitrogen and oxygen atoms in total. The quantitative estimate of drug-likeness (QED) is 0.910. The highest BCUT2D eigenvalue weighted by atomic mass is 32.1. The first-order chi connectivity index (χ1) is 10.2. The van der Waals surface area contributed by atoms with E-state index in [1.807, 2.05) is 17.5 Å². The maximum atomic E-state index is 12.6. The van der Waals surface area contributed by atoms with Crippen LogP contribution in [-0.2, 0) is 0 Å². The van der Waals surface area contributed by atoms with Crippen LogP contribution in [0.3, 0.4) is 0 Å². The van der Waals surface area contributed by atoms with Crippen LogP contribution in [0.25, 0.3) is 10.6 Å². The Kier molecular flexibility index (Phi) is 4.07. The molecule has 0 bridgehead atoms. The van der Waals surface area contributed by atoms with Gasteiger partial charge in [-0.2, -0.15) is 0 Å². The van der Waals surface area contributed by atoms with Crippen LogP contribution in [0.5, 0.6) is 0 Å². The van der Waals surface area contributed by atoms with Crippen LogP contribution in [0, 0.1) is 0 Å². The van der Waals surface area contributed by atoms with Gasteiger partial charge in [-0.3, -0.25) is 4.79 Å². The second kappa shape index (κ2) is 5.99. The second-order valence-electron chi connectivity index (χ2n) is 5.38. The Labute approximate surface area is 127 Å². The van der Waals surface area contributed by atoms with Gasteiger partial charge < -0.3 is 14.9 Å². The minimum Gasteiger partial charge on any atom is -0.385 e. The molecule has 1 atom stereocenters. The average molecular weight is 306 g/mol. The molecule has 1 unspecified atom stereocenters. The first-order valence-electron chi connectivity index (χ1n) is 7.19. The zero-order valence-corrected chi connectivity index (χ0v) is 12.7. The standard InChI is InChI=1S/C15H18N2O3S/c1-9(18)14-12(15(19)16-10-5-2-3-6-10)13(17-20-14)11-7-4-8-21-11/h4,7-10,18H,2-3,5-6H2,1H3,(H,16,19). The third kappa shape index (κ3) is 2.87. The molecule has 112 valence electrons. The van der Waals surface area contributed by atoms with Gasteiger partial charge in [0.05, 0.1) is 4.88 Å². The molecule has 1 aliphatic rings. The molecule has 6 heteroatoms. The SMILES string of the molecule is CC(O)c1onc(-c2cccs2)c1C(=O)NC1CCCC1. The fourth-order valence-electron chi connectivity index (χ4n) is 2.72. The number of nitrogens with one attached hydrogen (secondary N) is 1. The third-order valence-electron chi connectivity index (χ3n) is 3.77. The van der Waals surface area contributed by atoms with Gasteiger partial charge in [0.1, 0.15) is 17.4 Å². The monoisotopic (exact) mass is 306 g/mol. The lowest BCUT2D eigenvalue weighted by molar-refractivity contribution is 0.0925. The molecule has 0 aromatic carbocycles. The summed E-state index contributed by atoms with van der Waals surface area (Å²) in [4.78, 5) is 13.4. The Morgan fingerprint density at radius 1 is 1.52 bits per heavy atom. The van der Waals surface area contributed by atoms with Gasteiger partial charge in [-0.1, -0.05) is 24.1 Å². The van der Waals surface area contributed by atoms with E-state index in [1.165, 1.54) is 11.3 Å². The number of aromatic nitrogens is 1. The van der Waals surface area contributed by atoms with Crippen LogP contribution in [0.1, 0.15) is 54.8 Å².